The first kappa shape index (κ1) is 18.8. The number of ether oxygens (including phenoxy) is 2. The molecular weight excluding hydrogens is 342 g/mol. The van der Waals surface area contributed by atoms with Gasteiger partial charge in [-0.15, -0.1) is 0 Å². The maximum absolute atomic E-state index is 11.7. The van der Waals surface area contributed by atoms with Crippen LogP contribution in [0.3, 0.4) is 0 Å². The maximum atomic E-state index is 11.7. The molecule has 0 aliphatic heterocycles. The fourth-order valence-corrected chi connectivity index (χ4v) is 2.11. The molecule has 0 spiro atoms. The summed E-state index contributed by atoms with van der Waals surface area (Å²) in [4.78, 5) is 23.3. The van der Waals surface area contributed by atoms with Gasteiger partial charge in [0.2, 0.25) is 0 Å². The molecule has 0 aliphatic rings. The van der Waals surface area contributed by atoms with Crippen molar-refractivity contribution in [2.45, 2.75) is 20.4 Å². The molecule has 0 bridgehead atoms. The van der Waals surface area contributed by atoms with Crippen LogP contribution < -0.4 is 10.1 Å². The molecule has 0 aromatic heterocycles. The van der Waals surface area contributed by atoms with Gasteiger partial charge in [-0.25, -0.2) is 4.79 Å². The van der Waals surface area contributed by atoms with Crippen molar-refractivity contribution in [3.8, 4) is 5.75 Å². The Hall–Kier alpha value is -2.53. The number of benzene rings is 2. The monoisotopic (exact) mass is 361 g/mol. The number of amides is 1. The Labute approximate surface area is 151 Å². The maximum Gasteiger partial charge on any atom is 0.344 e. The van der Waals surface area contributed by atoms with Gasteiger partial charge in [0.05, 0.1) is 0 Å². The van der Waals surface area contributed by atoms with Gasteiger partial charge in [0.15, 0.2) is 13.2 Å². The molecule has 0 saturated heterocycles. The molecule has 0 aliphatic carbocycles. The predicted octanol–water partition coefficient (Wildman–Crippen LogP) is 3.20. The van der Waals surface area contributed by atoms with Crippen LogP contribution in [-0.4, -0.2) is 25.1 Å². The lowest BCUT2D eigenvalue weighted by molar-refractivity contribution is -0.150. The van der Waals surface area contributed by atoms with E-state index in [1.165, 1.54) is 0 Å². The summed E-state index contributed by atoms with van der Waals surface area (Å²) in [6, 6.07) is 12.7. The topological polar surface area (TPSA) is 64.6 Å². The van der Waals surface area contributed by atoms with Crippen molar-refractivity contribution >= 4 is 23.5 Å². The quantitative estimate of drug-likeness (QED) is 0.769. The molecule has 1 N–H and O–H groups in total. The van der Waals surface area contributed by atoms with E-state index >= 15 is 0 Å². The van der Waals surface area contributed by atoms with Gasteiger partial charge < -0.3 is 14.8 Å². The first-order chi connectivity index (χ1) is 11.9. The Balaban J connectivity index is 1.67. The Bertz CT molecular complexity index is 744. The van der Waals surface area contributed by atoms with E-state index < -0.39 is 5.97 Å². The van der Waals surface area contributed by atoms with Gasteiger partial charge in [-0.1, -0.05) is 29.8 Å². The number of carbonyl (C=O) groups is 2. The fourth-order valence-electron chi connectivity index (χ4n) is 1.99. The zero-order chi connectivity index (χ0) is 18.2. The number of hydrogen-bond acceptors (Lipinski definition) is 4. The van der Waals surface area contributed by atoms with Crippen LogP contribution >= 0.6 is 11.6 Å². The van der Waals surface area contributed by atoms with E-state index in [1.54, 1.807) is 18.2 Å². The molecule has 0 saturated carbocycles. The highest BCUT2D eigenvalue weighted by atomic mass is 35.5. The zero-order valence-electron chi connectivity index (χ0n) is 14.2. The van der Waals surface area contributed by atoms with Crippen molar-refractivity contribution in [2.75, 3.05) is 13.2 Å². The number of esters is 1. The number of nitrogens with one attached hydrogen (secondary N) is 1. The number of aryl methyl sites for hydroxylation is 2. The summed E-state index contributed by atoms with van der Waals surface area (Å²) < 4.78 is 10.2. The Morgan fingerprint density at radius 3 is 2.40 bits per heavy atom. The minimum atomic E-state index is -0.597. The lowest BCUT2D eigenvalue weighted by Gasteiger charge is -2.09. The summed E-state index contributed by atoms with van der Waals surface area (Å²) in [6.07, 6.45) is 0. The van der Waals surface area contributed by atoms with Crippen molar-refractivity contribution in [1.29, 1.82) is 0 Å². The third-order valence-electron chi connectivity index (χ3n) is 3.60. The molecule has 0 atom stereocenters. The molecule has 0 fully saturated rings. The van der Waals surface area contributed by atoms with Crippen LogP contribution in [0.4, 0.5) is 0 Å². The second-order valence-electron chi connectivity index (χ2n) is 5.60. The van der Waals surface area contributed by atoms with E-state index in [4.69, 9.17) is 21.1 Å². The van der Waals surface area contributed by atoms with Crippen LogP contribution in [0.25, 0.3) is 0 Å². The van der Waals surface area contributed by atoms with Crippen LogP contribution in [0.1, 0.15) is 16.7 Å². The van der Waals surface area contributed by atoms with Gasteiger partial charge in [-0.3, -0.25) is 4.79 Å². The van der Waals surface area contributed by atoms with E-state index in [9.17, 15) is 9.59 Å². The van der Waals surface area contributed by atoms with Crippen molar-refractivity contribution in [2.24, 2.45) is 0 Å². The van der Waals surface area contributed by atoms with E-state index in [2.05, 4.69) is 5.32 Å². The standard InChI is InChI=1S/C19H20ClNO4/c1-13-3-8-17(9-14(13)2)24-12-19(23)25-11-18(22)21-10-15-4-6-16(20)7-5-15/h3-9H,10-12H2,1-2H3,(H,21,22). The van der Waals surface area contributed by atoms with Crippen LogP contribution in [0, 0.1) is 13.8 Å². The summed E-state index contributed by atoms with van der Waals surface area (Å²) in [5.74, 6) is -0.387. The van der Waals surface area contributed by atoms with Gasteiger partial charge in [-0.2, -0.15) is 0 Å². The summed E-state index contributed by atoms with van der Waals surface area (Å²) >= 11 is 5.79. The largest absolute Gasteiger partial charge is 0.482 e. The minimum Gasteiger partial charge on any atom is -0.482 e. The molecule has 0 unspecified atom stereocenters. The molecule has 5 nitrogen and oxygen atoms in total. The first-order valence-corrected chi connectivity index (χ1v) is 8.18. The van der Waals surface area contributed by atoms with Crippen LogP contribution in [-0.2, 0) is 20.9 Å². The lowest BCUT2D eigenvalue weighted by Crippen LogP contribution is -2.29. The molecule has 0 heterocycles. The van der Waals surface area contributed by atoms with Crippen LogP contribution in [0.5, 0.6) is 5.75 Å². The highest BCUT2D eigenvalue weighted by Crippen LogP contribution is 2.16. The van der Waals surface area contributed by atoms with E-state index in [0.717, 1.165) is 16.7 Å². The SMILES string of the molecule is Cc1ccc(OCC(=O)OCC(=O)NCc2ccc(Cl)cc2)cc1C. The van der Waals surface area contributed by atoms with Crippen molar-refractivity contribution in [3.05, 3.63) is 64.2 Å². The van der Waals surface area contributed by atoms with Crippen molar-refractivity contribution in [3.63, 3.8) is 0 Å². The first-order valence-electron chi connectivity index (χ1n) is 7.81. The molecule has 132 valence electrons. The lowest BCUT2D eigenvalue weighted by atomic mass is 10.1. The number of halogens is 1. The summed E-state index contributed by atoms with van der Waals surface area (Å²) in [5, 5.41) is 3.29. The zero-order valence-corrected chi connectivity index (χ0v) is 14.9. The van der Waals surface area contributed by atoms with Gasteiger partial charge >= 0.3 is 5.97 Å². The molecular formula is C19H20ClNO4. The summed E-state index contributed by atoms with van der Waals surface area (Å²) in [6.45, 7) is 3.71. The van der Waals surface area contributed by atoms with E-state index in [-0.39, 0.29) is 19.1 Å². The summed E-state index contributed by atoms with van der Waals surface area (Å²) in [5.41, 5.74) is 3.13. The highest BCUT2D eigenvalue weighted by Gasteiger charge is 2.09. The fraction of sp³-hybridized carbons (Fsp3) is 0.263. The van der Waals surface area contributed by atoms with Crippen LogP contribution in [0.2, 0.25) is 5.02 Å². The summed E-state index contributed by atoms with van der Waals surface area (Å²) in [7, 11) is 0. The minimum absolute atomic E-state index is 0.243. The third kappa shape index (κ3) is 6.47. The molecule has 2 aromatic carbocycles. The predicted molar refractivity (Wildman–Crippen MR) is 95.7 cm³/mol. The Morgan fingerprint density at radius 1 is 1.00 bits per heavy atom. The third-order valence-corrected chi connectivity index (χ3v) is 3.85. The average molecular weight is 362 g/mol. The van der Waals surface area contributed by atoms with Gasteiger partial charge in [0.1, 0.15) is 5.75 Å². The smallest absolute Gasteiger partial charge is 0.344 e. The Morgan fingerprint density at radius 2 is 1.72 bits per heavy atom. The number of hydrogen-bond donors (Lipinski definition) is 1. The molecule has 2 rings (SSSR count). The molecule has 2 aromatic rings. The molecule has 25 heavy (non-hydrogen) atoms. The van der Waals surface area contributed by atoms with E-state index in [0.29, 0.717) is 17.3 Å². The van der Waals surface area contributed by atoms with Gasteiger partial charge in [-0.05, 0) is 54.8 Å². The average Bonchev–Trinajstić information content (AvgIpc) is 2.60. The van der Waals surface area contributed by atoms with Crippen molar-refractivity contribution in [1.82, 2.24) is 5.32 Å². The van der Waals surface area contributed by atoms with E-state index in [1.807, 2.05) is 38.1 Å². The number of carbonyl (C=O) groups excluding carboxylic acids is 2. The van der Waals surface area contributed by atoms with Crippen molar-refractivity contribution < 1.29 is 19.1 Å². The molecule has 1 amide bonds. The molecule has 6 heteroatoms. The van der Waals surface area contributed by atoms with Crippen LogP contribution in [0.15, 0.2) is 42.5 Å². The number of rotatable bonds is 7. The van der Waals surface area contributed by atoms with Gasteiger partial charge in [0.25, 0.3) is 5.91 Å². The Kier molecular flexibility index (Phi) is 6.83. The molecule has 0 radical (unpaired) electrons. The highest BCUT2D eigenvalue weighted by molar-refractivity contribution is 6.30. The second kappa shape index (κ2) is 9.08. The normalized spacial score (nSPS) is 10.2. The van der Waals surface area contributed by atoms with Gasteiger partial charge in [0, 0.05) is 11.6 Å². The second-order valence-corrected chi connectivity index (χ2v) is 6.04.